The average Bonchev–Trinajstić information content (AvgIpc) is 2.65. The molecule has 21 heavy (non-hydrogen) atoms. The zero-order valence-corrected chi connectivity index (χ0v) is 13.9. The molecule has 0 radical (unpaired) electrons. The third kappa shape index (κ3) is 3.08. The Balaban J connectivity index is 2.42. The number of esters is 1. The lowest BCUT2D eigenvalue weighted by Gasteiger charge is -2.34. The second-order valence-electron chi connectivity index (χ2n) is 5.69. The summed E-state index contributed by atoms with van der Waals surface area (Å²) in [5, 5.41) is 1.00. The first-order valence-electron chi connectivity index (χ1n) is 6.11. The molecule has 8 heteroatoms. The molecular formula is C13H14BrClF2N2O2. The summed E-state index contributed by atoms with van der Waals surface area (Å²) < 4.78 is 33.6. The van der Waals surface area contributed by atoms with Crippen molar-refractivity contribution in [3.8, 4) is 0 Å². The summed E-state index contributed by atoms with van der Waals surface area (Å²) in [5.41, 5.74) is -2.81. The van der Waals surface area contributed by atoms with E-state index in [4.69, 9.17) is 16.3 Å². The first kappa shape index (κ1) is 16.3. The molecule has 2 N–H and O–H groups in total. The Morgan fingerprint density at radius 1 is 1.29 bits per heavy atom. The number of ether oxygens (including phenoxy) is 1. The van der Waals surface area contributed by atoms with Gasteiger partial charge >= 0.3 is 11.4 Å². The van der Waals surface area contributed by atoms with Crippen LogP contribution in [0.25, 0.3) is 0 Å². The van der Waals surface area contributed by atoms with Crippen molar-refractivity contribution < 1.29 is 18.3 Å². The number of nitrogens with one attached hydrogen (secondary N) is 2. The Hall–Kier alpha value is -1.08. The highest BCUT2D eigenvalue weighted by Gasteiger charge is 2.63. The van der Waals surface area contributed by atoms with Crippen molar-refractivity contribution in [1.82, 2.24) is 0 Å². The summed E-state index contributed by atoms with van der Waals surface area (Å²) in [5.74, 6) is -1.18. The van der Waals surface area contributed by atoms with Gasteiger partial charge in [0.15, 0.2) is 0 Å². The number of hydrogen-bond donors (Lipinski definition) is 2. The van der Waals surface area contributed by atoms with Gasteiger partial charge in [-0.1, -0.05) is 15.9 Å². The summed E-state index contributed by atoms with van der Waals surface area (Å²) in [6.45, 7) is 4.76. The summed E-state index contributed by atoms with van der Waals surface area (Å²) in [4.78, 5) is 12.3. The summed E-state index contributed by atoms with van der Waals surface area (Å²) in [7, 11) is 0. The largest absolute Gasteiger partial charge is 0.457 e. The van der Waals surface area contributed by atoms with E-state index in [0.29, 0.717) is 15.8 Å². The van der Waals surface area contributed by atoms with Crippen LogP contribution in [0.5, 0.6) is 0 Å². The zero-order valence-electron chi connectivity index (χ0n) is 11.6. The van der Waals surface area contributed by atoms with E-state index in [9.17, 15) is 13.6 Å². The van der Waals surface area contributed by atoms with Gasteiger partial charge < -0.3 is 15.4 Å². The molecule has 116 valence electrons. The van der Waals surface area contributed by atoms with Crippen LogP contribution in [0.2, 0.25) is 0 Å². The van der Waals surface area contributed by atoms with Crippen LogP contribution in [0.3, 0.4) is 0 Å². The normalized spacial score (nSPS) is 21.3. The molecule has 0 saturated heterocycles. The van der Waals surface area contributed by atoms with E-state index in [1.54, 1.807) is 39.0 Å². The van der Waals surface area contributed by atoms with E-state index in [1.165, 1.54) is 0 Å². The lowest BCUT2D eigenvalue weighted by molar-refractivity contribution is -0.166. The van der Waals surface area contributed by atoms with Crippen LogP contribution in [-0.2, 0) is 9.53 Å². The number of rotatable bonds is 2. The van der Waals surface area contributed by atoms with Crippen molar-refractivity contribution in [2.75, 3.05) is 10.6 Å². The molecular weight excluding hydrogens is 370 g/mol. The van der Waals surface area contributed by atoms with Gasteiger partial charge in [0.25, 0.3) is 5.66 Å². The predicted molar refractivity (Wildman–Crippen MR) is 80.8 cm³/mol. The van der Waals surface area contributed by atoms with E-state index >= 15 is 0 Å². The Morgan fingerprint density at radius 2 is 1.86 bits per heavy atom. The lowest BCUT2D eigenvalue weighted by atomic mass is 10.1. The maximum Gasteiger partial charge on any atom is 0.373 e. The maximum absolute atomic E-state index is 13.9. The molecule has 0 amide bonds. The van der Waals surface area contributed by atoms with Gasteiger partial charge in [-0.25, -0.2) is 4.79 Å². The van der Waals surface area contributed by atoms with Crippen LogP contribution in [-0.4, -0.2) is 22.6 Å². The van der Waals surface area contributed by atoms with E-state index in [0.717, 1.165) is 0 Å². The van der Waals surface area contributed by atoms with Crippen LogP contribution in [0.15, 0.2) is 22.7 Å². The van der Waals surface area contributed by atoms with Crippen molar-refractivity contribution in [2.24, 2.45) is 0 Å². The highest BCUT2D eigenvalue weighted by Crippen LogP contribution is 2.45. The van der Waals surface area contributed by atoms with Gasteiger partial charge in [-0.05, 0) is 50.6 Å². The fourth-order valence-corrected chi connectivity index (χ4v) is 2.41. The molecule has 0 aromatic heterocycles. The molecule has 0 saturated carbocycles. The maximum atomic E-state index is 13.9. The van der Waals surface area contributed by atoms with Gasteiger partial charge in [0, 0.05) is 4.47 Å². The second-order valence-corrected chi connectivity index (χ2v) is 7.08. The second kappa shape index (κ2) is 4.98. The minimum atomic E-state index is -3.90. The van der Waals surface area contributed by atoms with E-state index in [-0.39, 0.29) is 0 Å². The van der Waals surface area contributed by atoms with Gasteiger partial charge in [-0.15, -0.1) is 0 Å². The molecule has 0 bridgehead atoms. The predicted octanol–water partition coefficient (Wildman–Crippen LogP) is 4.16. The number of carbonyl (C=O) groups is 1. The fourth-order valence-electron chi connectivity index (χ4n) is 1.88. The Kier molecular flexibility index (Phi) is 3.87. The quantitative estimate of drug-likeness (QED) is 0.595. The number of halogens is 4. The summed E-state index contributed by atoms with van der Waals surface area (Å²) in [6.07, 6.45) is 0. The zero-order chi connectivity index (χ0) is 16.1. The number of benzene rings is 1. The summed E-state index contributed by atoms with van der Waals surface area (Å²) >= 11 is 8.41. The molecule has 1 atom stereocenters. The van der Waals surface area contributed by atoms with Crippen LogP contribution in [0.1, 0.15) is 20.8 Å². The Morgan fingerprint density at radius 3 is 2.38 bits per heavy atom. The molecule has 1 aromatic carbocycles. The van der Waals surface area contributed by atoms with E-state index < -0.39 is 22.6 Å². The van der Waals surface area contributed by atoms with Gasteiger partial charge in [0.05, 0.1) is 11.4 Å². The molecule has 0 aliphatic carbocycles. The van der Waals surface area contributed by atoms with Crippen molar-refractivity contribution in [3.63, 3.8) is 0 Å². The van der Waals surface area contributed by atoms with Gasteiger partial charge in [-0.3, -0.25) is 0 Å². The SMILES string of the molecule is CC(C)(C)OC(=O)C1(C(F)(F)Cl)Nc2ccc(Br)cc2N1. The monoisotopic (exact) mass is 382 g/mol. The Bertz CT molecular complexity index is 587. The van der Waals surface area contributed by atoms with Crippen molar-refractivity contribution in [1.29, 1.82) is 0 Å². The molecule has 1 heterocycles. The van der Waals surface area contributed by atoms with Gasteiger partial charge in [0.1, 0.15) is 5.60 Å². The number of hydrogen-bond acceptors (Lipinski definition) is 4. The van der Waals surface area contributed by atoms with Gasteiger partial charge in [0.2, 0.25) is 0 Å². The minimum Gasteiger partial charge on any atom is -0.457 e. The fraction of sp³-hybridized carbons (Fsp3) is 0.462. The summed E-state index contributed by atoms with van der Waals surface area (Å²) in [6, 6.07) is 4.78. The molecule has 4 nitrogen and oxygen atoms in total. The molecule has 1 aromatic rings. The first-order chi connectivity index (χ1) is 9.45. The average molecular weight is 384 g/mol. The number of fused-ring (bicyclic) bond motifs is 1. The smallest absolute Gasteiger partial charge is 0.373 e. The third-order valence-electron chi connectivity index (χ3n) is 2.76. The van der Waals surface area contributed by atoms with Crippen LogP contribution in [0.4, 0.5) is 20.2 Å². The minimum absolute atomic E-state index is 0.329. The van der Waals surface area contributed by atoms with Crippen LogP contribution in [0, 0.1) is 0 Å². The molecule has 1 unspecified atom stereocenters. The molecule has 0 fully saturated rings. The van der Waals surface area contributed by atoms with Crippen molar-refractivity contribution in [2.45, 2.75) is 37.4 Å². The lowest BCUT2D eigenvalue weighted by Crippen LogP contribution is -2.62. The van der Waals surface area contributed by atoms with Crippen molar-refractivity contribution in [3.05, 3.63) is 22.7 Å². The molecule has 1 aliphatic rings. The Labute approximate surface area is 134 Å². The first-order valence-corrected chi connectivity index (χ1v) is 7.28. The number of anilines is 2. The standard InChI is InChI=1S/C13H14BrClF2N2O2/c1-11(2,3)21-10(20)12(13(15,16)17)18-8-5-4-7(14)6-9(8)19-12/h4-6,18-19H,1-3H3. The van der Waals surface area contributed by atoms with Crippen molar-refractivity contribution >= 4 is 44.9 Å². The highest BCUT2D eigenvalue weighted by atomic mass is 79.9. The van der Waals surface area contributed by atoms with Crippen LogP contribution >= 0.6 is 27.5 Å². The number of carbonyl (C=O) groups excluding carboxylic acids is 1. The van der Waals surface area contributed by atoms with E-state index in [1.807, 2.05) is 0 Å². The topological polar surface area (TPSA) is 50.4 Å². The van der Waals surface area contributed by atoms with Crippen LogP contribution < -0.4 is 10.6 Å². The highest BCUT2D eigenvalue weighted by molar-refractivity contribution is 9.10. The molecule has 0 spiro atoms. The van der Waals surface area contributed by atoms with Gasteiger partial charge in [-0.2, -0.15) is 8.78 Å². The van der Waals surface area contributed by atoms with E-state index in [2.05, 4.69) is 26.6 Å². The third-order valence-corrected chi connectivity index (χ3v) is 3.53. The number of alkyl halides is 3. The molecule has 2 rings (SSSR count). The molecule has 1 aliphatic heterocycles.